The Balaban J connectivity index is 3.29. The number of alkyl halides is 3. The molecule has 5 nitrogen and oxygen atoms in total. The third-order valence-electron chi connectivity index (χ3n) is 1.37. The fourth-order valence-electron chi connectivity index (χ4n) is 0.755. The molecule has 1 rings (SSSR count). The van der Waals surface area contributed by atoms with Crippen LogP contribution in [-0.4, -0.2) is 15.0 Å². The molecule has 0 aliphatic rings. The van der Waals surface area contributed by atoms with Crippen LogP contribution in [0.4, 0.5) is 18.9 Å². The lowest BCUT2D eigenvalue weighted by molar-refractivity contribution is -0.385. The second-order valence-corrected chi connectivity index (χ2v) is 2.32. The van der Waals surface area contributed by atoms with Crippen LogP contribution in [-0.2, 0) is 6.18 Å². The molecule has 76 valence electrons. The predicted octanol–water partition coefficient (Wildman–Crippen LogP) is 1.71. The van der Waals surface area contributed by atoms with Crippen LogP contribution in [0.25, 0.3) is 0 Å². The third kappa shape index (κ3) is 1.90. The molecule has 0 spiro atoms. The maximum atomic E-state index is 12.1. The normalized spacial score (nSPS) is 11.4. The number of aromatic hydroxyl groups is 1. The number of nitro groups is 1. The summed E-state index contributed by atoms with van der Waals surface area (Å²) in [6.07, 6.45) is -4.31. The average molecular weight is 208 g/mol. The van der Waals surface area contributed by atoms with E-state index in [1.54, 1.807) is 0 Å². The van der Waals surface area contributed by atoms with Gasteiger partial charge < -0.3 is 5.11 Å². The van der Waals surface area contributed by atoms with E-state index >= 15 is 0 Å². The van der Waals surface area contributed by atoms with Gasteiger partial charge in [-0.3, -0.25) is 10.1 Å². The van der Waals surface area contributed by atoms with Crippen molar-refractivity contribution in [2.24, 2.45) is 0 Å². The topological polar surface area (TPSA) is 76.3 Å². The van der Waals surface area contributed by atoms with Crippen LogP contribution in [0.3, 0.4) is 0 Å². The number of rotatable bonds is 1. The van der Waals surface area contributed by atoms with Gasteiger partial charge in [-0.25, -0.2) is 4.98 Å². The number of hydrogen-bond acceptors (Lipinski definition) is 4. The molecule has 0 unspecified atom stereocenters. The molecule has 0 saturated heterocycles. The standard InChI is InChI=1S/C6H3F3N2O3/c7-6(8,9)4-1-3(11(13)14)2-10-5(4)12/h1-2H,(H,10,12). The van der Waals surface area contributed by atoms with Crippen LogP contribution in [0.1, 0.15) is 5.56 Å². The largest absolute Gasteiger partial charge is 0.493 e. The van der Waals surface area contributed by atoms with Crippen LogP contribution < -0.4 is 0 Å². The molecule has 1 heterocycles. The first-order valence-electron chi connectivity index (χ1n) is 3.23. The zero-order valence-corrected chi connectivity index (χ0v) is 6.45. The molecule has 8 heteroatoms. The Morgan fingerprint density at radius 3 is 2.50 bits per heavy atom. The van der Waals surface area contributed by atoms with E-state index in [0.29, 0.717) is 6.20 Å². The second kappa shape index (κ2) is 3.13. The number of nitrogens with zero attached hydrogens (tertiary/aromatic N) is 2. The van der Waals surface area contributed by atoms with E-state index in [9.17, 15) is 23.3 Å². The minimum absolute atomic E-state index is 0.225. The van der Waals surface area contributed by atoms with Crippen molar-refractivity contribution in [2.75, 3.05) is 0 Å². The first-order chi connectivity index (χ1) is 6.32. The van der Waals surface area contributed by atoms with E-state index in [2.05, 4.69) is 4.98 Å². The lowest BCUT2D eigenvalue weighted by Gasteiger charge is -2.06. The van der Waals surface area contributed by atoms with Crippen LogP contribution in [0.2, 0.25) is 0 Å². The van der Waals surface area contributed by atoms with Crippen molar-refractivity contribution in [3.63, 3.8) is 0 Å². The van der Waals surface area contributed by atoms with E-state index in [1.165, 1.54) is 0 Å². The number of aromatic nitrogens is 1. The molecule has 0 aliphatic carbocycles. The Morgan fingerprint density at radius 1 is 1.50 bits per heavy atom. The van der Waals surface area contributed by atoms with Gasteiger partial charge in [0.25, 0.3) is 5.69 Å². The summed E-state index contributed by atoms with van der Waals surface area (Å²) in [6.45, 7) is 0. The molecule has 0 aliphatic heterocycles. The van der Waals surface area contributed by atoms with E-state index in [1.807, 2.05) is 0 Å². The molecule has 1 aromatic heterocycles. The van der Waals surface area contributed by atoms with Crippen molar-refractivity contribution in [1.29, 1.82) is 0 Å². The quantitative estimate of drug-likeness (QED) is 0.563. The van der Waals surface area contributed by atoms with Gasteiger partial charge >= 0.3 is 6.18 Å². The van der Waals surface area contributed by atoms with Gasteiger partial charge in [0.1, 0.15) is 11.8 Å². The zero-order valence-electron chi connectivity index (χ0n) is 6.45. The van der Waals surface area contributed by atoms with Gasteiger partial charge in [0.2, 0.25) is 5.88 Å². The van der Waals surface area contributed by atoms with E-state index in [-0.39, 0.29) is 6.07 Å². The van der Waals surface area contributed by atoms with E-state index in [0.717, 1.165) is 0 Å². The molecule has 1 N–H and O–H groups in total. The predicted molar refractivity (Wildman–Crippen MR) is 37.6 cm³/mol. The Bertz CT molecular complexity index is 377. The fourth-order valence-corrected chi connectivity index (χ4v) is 0.755. The molecule has 0 radical (unpaired) electrons. The van der Waals surface area contributed by atoms with E-state index < -0.39 is 28.2 Å². The lowest BCUT2D eigenvalue weighted by atomic mass is 10.2. The van der Waals surface area contributed by atoms with Crippen LogP contribution in [0.5, 0.6) is 5.88 Å². The summed E-state index contributed by atoms with van der Waals surface area (Å²) in [5.41, 5.74) is -2.35. The molecule has 0 bridgehead atoms. The van der Waals surface area contributed by atoms with Crippen LogP contribution in [0.15, 0.2) is 12.3 Å². The molecule has 0 amide bonds. The summed E-state index contributed by atoms with van der Waals surface area (Å²) in [4.78, 5) is 11.9. The summed E-state index contributed by atoms with van der Waals surface area (Å²) in [6, 6.07) is 0.225. The maximum absolute atomic E-state index is 12.1. The van der Waals surface area contributed by atoms with Gasteiger partial charge in [0.05, 0.1) is 4.92 Å². The highest BCUT2D eigenvalue weighted by atomic mass is 19.4. The number of halogens is 3. The second-order valence-electron chi connectivity index (χ2n) is 2.32. The number of pyridine rings is 1. The highest BCUT2D eigenvalue weighted by Crippen LogP contribution is 2.35. The lowest BCUT2D eigenvalue weighted by Crippen LogP contribution is -2.07. The molecule has 0 atom stereocenters. The third-order valence-corrected chi connectivity index (χ3v) is 1.37. The van der Waals surface area contributed by atoms with Crippen molar-refractivity contribution in [3.05, 3.63) is 27.9 Å². The van der Waals surface area contributed by atoms with Gasteiger partial charge in [0, 0.05) is 6.07 Å². The molecule has 1 aromatic rings. The smallest absolute Gasteiger partial charge is 0.421 e. The molecule has 0 aromatic carbocycles. The monoisotopic (exact) mass is 208 g/mol. The molecular formula is C6H3F3N2O3. The Morgan fingerprint density at radius 2 is 2.07 bits per heavy atom. The fraction of sp³-hybridized carbons (Fsp3) is 0.167. The van der Waals surface area contributed by atoms with Crippen molar-refractivity contribution >= 4 is 5.69 Å². The summed E-state index contributed by atoms with van der Waals surface area (Å²) in [7, 11) is 0. The summed E-state index contributed by atoms with van der Waals surface area (Å²) in [5.74, 6) is -1.27. The Labute approximate surface area is 75.0 Å². The Kier molecular flexibility index (Phi) is 2.28. The van der Waals surface area contributed by atoms with Crippen molar-refractivity contribution in [3.8, 4) is 5.88 Å². The van der Waals surface area contributed by atoms with Gasteiger partial charge in [-0.1, -0.05) is 0 Å². The average Bonchev–Trinajstić information content (AvgIpc) is 2.02. The van der Waals surface area contributed by atoms with Crippen molar-refractivity contribution in [2.45, 2.75) is 6.18 Å². The summed E-state index contributed by atoms with van der Waals surface area (Å²) in [5, 5.41) is 18.8. The van der Waals surface area contributed by atoms with Gasteiger partial charge in [-0.15, -0.1) is 0 Å². The van der Waals surface area contributed by atoms with Crippen molar-refractivity contribution in [1.82, 2.24) is 4.98 Å². The van der Waals surface area contributed by atoms with Gasteiger partial charge in [-0.05, 0) is 0 Å². The maximum Gasteiger partial charge on any atom is 0.421 e. The Hall–Kier alpha value is -1.86. The SMILES string of the molecule is O=[N+]([O-])c1cnc(O)c(C(F)(F)F)c1. The summed E-state index contributed by atoms with van der Waals surface area (Å²) >= 11 is 0. The minimum Gasteiger partial charge on any atom is -0.493 e. The molecular weight excluding hydrogens is 205 g/mol. The van der Waals surface area contributed by atoms with Crippen LogP contribution >= 0.6 is 0 Å². The molecule has 14 heavy (non-hydrogen) atoms. The highest BCUT2D eigenvalue weighted by Gasteiger charge is 2.36. The molecule has 0 saturated carbocycles. The van der Waals surface area contributed by atoms with Gasteiger partial charge in [-0.2, -0.15) is 13.2 Å². The highest BCUT2D eigenvalue weighted by molar-refractivity contribution is 5.38. The van der Waals surface area contributed by atoms with E-state index in [4.69, 9.17) is 5.11 Å². The number of hydrogen-bond donors (Lipinski definition) is 1. The molecule has 0 fully saturated rings. The first kappa shape index (κ1) is 10.2. The van der Waals surface area contributed by atoms with Crippen LogP contribution in [0, 0.1) is 10.1 Å². The zero-order chi connectivity index (χ0) is 10.9. The van der Waals surface area contributed by atoms with Gasteiger partial charge in [0.15, 0.2) is 0 Å². The van der Waals surface area contributed by atoms with Crippen molar-refractivity contribution < 1.29 is 23.2 Å². The summed E-state index contributed by atoms with van der Waals surface area (Å²) < 4.78 is 36.2. The minimum atomic E-state index is -4.86. The first-order valence-corrected chi connectivity index (χ1v) is 3.23.